The van der Waals surface area contributed by atoms with Crippen molar-refractivity contribution in [3.8, 4) is 17.1 Å². The number of aromatic nitrogens is 5. The molecule has 1 aliphatic rings. The van der Waals surface area contributed by atoms with Gasteiger partial charge in [-0.25, -0.2) is 9.97 Å². The lowest BCUT2D eigenvalue weighted by Crippen LogP contribution is -2.53. The van der Waals surface area contributed by atoms with Gasteiger partial charge in [-0.1, -0.05) is 18.2 Å². The first kappa shape index (κ1) is 26.8. The maximum absolute atomic E-state index is 13.5. The predicted octanol–water partition coefficient (Wildman–Crippen LogP) is 2.79. The van der Waals surface area contributed by atoms with Crippen molar-refractivity contribution in [1.29, 1.82) is 0 Å². The van der Waals surface area contributed by atoms with Gasteiger partial charge in [0.05, 0.1) is 31.6 Å². The van der Waals surface area contributed by atoms with Gasteiger partial charge in [0.25, 0.3) is 5.88 Å². The molecule has 4 heterocycles. The standard InChI is InChI=1S/C28H36N8O3/c1-18-14-30-28(31-22-16-35(3)33-27(22)39-5)32-25(18)21-15-29-26-19(7-6-8-20(21)26)13-24(37)23(17-38-4)36-11-9-34(2)10-12-36/h6-8,14-16,23,29H,9-13,17H2,1-5H3,(H,30,31,32)/t23-/m0/s1. The summed E-state index contributed by atoms with van der Waals surface area (Å²) in [6.45, 7) is 6.01. The van der Waals surface area contributed by atoms with E-state index in [-0.39, 0.29) is 11.8 Å². The molecule has 5 rings (SSSR count). The number of H-pyrrole nitrogens is 1. The number of likely N-dealkylation sites (N-methyl/N-ethyl adjacent to an activating group) is 1. The maximum Gasteiger partial charge on any atom is 0.256 e. The van der Waals surface area contributed by atoms with Crippen LogP contribution in [0.1, 0.15) is 11.1 Å². The lowest BCUT2D eigenvalue weighted by Gasteiger charge is -2.37. The minimum absolute atomic E-state index is 0.167. The van der Waals surface area contributed by atoms with Crippen molar-refractivity contribution in [3.05, 3.63) is 47.9 Å². The van der Waals surface area contributed by atoms with Crippen molar-refractivity contribution >= 4 is 28.3 Å². The summed E-state index contributed by atoms with van der Waals surface area (Å²) in [5, 5.41) is 8.50. The second-order valence-electron chi connectivity index (χ2n) is 10.1. The van der Waals surface area contributed by atoms with Gasteiger partial charge in [0.2, 0.25) is 5.95 Å². The Hall–Kier alpha value is -3.80. The Morgan fingerprint density at radius 3 is 2.72 bits per heavy atom. The number of Topliss-reactive ketones (excluding diaryl/α,β-unsaturated/α-hetero) is 1. The van der Waals surface area contributed by atoms with Crippen LogP contribution in [0.3, 0.4) is 0 Å². The highest BCUT2D eigenvalue weighted by molar-refractivity contribution is 5.99. The Labute approximate surface area is 228 Å². The molecule has 0 bridgehead atoms. The number of nitrogens with zero attached hydrogens (tertiary/aromatic N) is 6. The predicted molar refractivity (Wildman–Crippen MR) is 151 cm³/mol. The zero-order valence-electron chi connectivity index (χ0n) is 23.2. The molecular weight excluding hydrogens is 496 g/mol. The normalized spacial score (nSPS) is 15.5. The van der Waals surface area contributed by atoms with Gasteiger partial charge in [-0.3, -0.25) is 14.4 Å². The zero-order valence-corrected chi connectivity index (χ0v) is 23.2. The van der Waals surface area contributed by atoms with Crippen molar-refractivity contribution in [1.82, 2.24) is 34.5 Å². The molecule has 11 nitrogen and oxygen atoms in total. The number of nitrogens with one attached hydrogen (secondary N) is 2. The zero-order chi connectivity index (χ0) is 27.5. The van der Waals surface area contributed by atoms with E-state index >= 15 is 0 Å². The topological polar surface area (TPSA) is 113 Å². The van der Waals surface area contributed by atoms with Gasteiger partial charge in [0.1, 0.15) is 5.69 Å². The summed E-state index contributed by atoms with van der Waals surface area (Å²) in [6.07, 6.45) is 5.89. The first-order valence-electron chi connectivity index (χ1n) is 13.1. The number of hydrogen-bond acceptors (Lipinski definition) is 9. The Morgan fingerprint density at radius 2 is 1.97 bits per heavy atom. The van der Waals surface area contributed by atoms with Crippen LogP contribution < -0.4 is 10.1 Å². The molecule has 11 heteroatoms. The van der Waals surface area contributed by atoms with Gasteiger partial charge >= 0.3 is 0 Å². The number of para-hydroxylation sites is 1. The van der Waals surface area contributed by atoms with Crippen molar-refractivity contribution in [2.45, 2.75) is 19.4 Å². The number of carbonyl (C=O) groups is 1. The molecule has 1 aliphatic heterocycles. The quantitative estimate of drug-likeness (QED) is 0.318. The van der Waals surface area contributed by atoms with E-state index in [1.807, 2.05) is 38.5 Å². The molecule has 3 aromatic heterocycles. The van der Waals surface area contributed by atoms with Gasteiger partial charge in [-0.15, -0.1) is 5.10 Å². The second-order valence-corrected chi connectivity index (χ2v) is 10.1. The Balaban J connectivity index is 1.42. The van der Waals surface area contributed by atoms with E-state index in [0.717, 1.165) is 59.5 Å². The van der Waals surface area contributed by atoms with Crippen LogP contribution in [0.5, 0.6) is 5.88 Å². The highest BCUT2D eigenvalue weighted by Crippen LogP contribution is 2.33. The van der Waals surface area contributed by atoms with E-state index in [4.69, 9.17) is 14.5 Å². The summed E-state index contributed by atoms with van der Waals surface area (Å²) < 4.78 is 12.5. The molecule has 0 spiro atoms. The van der Waals surface area contributed by atoms with E-state index in [1.54, 1.807) is 25.1 Å². The molecule has 1 fully saturated rings. The smallest absolute Gasteiger partial charge is 0.256 e. The lowest BCUT2D eigenvalue weighted by molar-refractivity contribution is -0.126. The molecule has 39 heavy (non-hydrogen) atoms. The molecule has 0 unspecified atom stereocenters. The fourth-order valence-corrected chi connectivity index (χ4v) is 5.16. The van der Waals surface area contributed by atoms with E-state index in [9.17, 15) is 4.79 Å². The van der Waals surface area contributed by atoms with Crippen LogP contribution in [0.25, 0.3) is 22.2 Å². The number of ketones is 1. The van der Waals surface area contributed by atoms with Crippen LogP contribution >= 0.6 is 0 Å². The number of anilines is 2. The summed E-state index contributed by atoms with van der Waals surface area (Å²) >= 11 is 0. The largest absolute Gasteiger partial charge is 0.478 e. The second kappa shape index (κ2) is 11.5. The van der Waals surface area contributed by atoms with Crippen LogP contribution in [0.15, 0.2) is 36.8 Å². The molecule has 0 aliphatic carbocycles. The third-order valence-electron chi connectivity index (χ3n) is 7.30. The Kier molecular flexibility index (Phi) is 7.92. The minimum atomic E-state index is -0.254. The fraction of sp³-hybridized carbons (Fsp3) is 0.429. The van der Waals surface area contributed by atoms with Crippen LogP contribution in [0, 0.1) is 6.92 Å². The highest BCUT2D eigenvalue weighted by atomic mass is 16.5. The summed E-state index contributed by atoms with van der Waals surface area (Å²) in [7, 11) is 7.17. The average molecular weight is 533 g/mol. The molecule has 0 radical (unpaired) electrons. The number of rotatable bonds is 10. The van der Waals surface area contributed by atoms with E-state index in [2.05, 4.69) is 43.3 Å². The third-order valence-corrected chi connectivity index (χ3v) is 7.30. The summed E-state index contributed by atoms with van der Waals surface area (Å²) in [5.41, 5.74) is 5.28. The van der Waals surface area contributed by atoms with Crippen molar-refractivity contribution in [2.75, 3.05) is 59.4 Å². The number of methoxy groups -OCH3 is 2. The number of carbonyl (C=O) groups excluding carboxylic acids is 1. The molecule has 1 aromatic carbocycles. The number of aromatic amines is 1. The molecule has 1 saturated heterocycles. The van der Waals surface area contributed by atoms with Gasteiger partial charge in [-0.2, -0.15) is 0 Å². The Morgan fingerprint density at radius 1 is 1.18 bits per heavy atom. The van der Waals surface area contributed by atoms with Gasteiger partial charge in [0, 0.05) is 75.6 Å². The van der Waals surface area contributed by atoms with Gasteiger partial charge < -0.3 is 24.7 Å². The van der Waals surface area contributed by atoms with Crippen molar-refractivity contribution in [2.24, 2.45) is 7.05 Å². The van der Waals surface area contributed by atoms with Crippen molar-refractivity contribution in [3.63, 3.8) is 0 Å². The Bertz CT molecular complexity index is 1450. The number of aryl methyl sites for hydroxylation is 2. The summed E-state index contributed by atoms with van der Waals surface area (Å²) in [5.74, 6) is 1.07. The van der Waals surface area contributed by atoms with E-state index < -0.39 is 0 Å². The number of ether oxygens (including phenoxy) is 2. The minimum Gasteiger partial charge on any atom is -0.478 e. The molecule has 4 aromatic rings. The monoisotopic (exact) mass is 532 g/mol. The average Bonchev–Trinajstić information content (AvgIpc) is 3.52. The van der Waals surface area contributed by atoms with E-state index in [0.29, 0.717) is 30.5 Å². The van der Waals surface area contributed by atoms with Crippen LogP contribution in [-0.4, -0.2) is 100 Å². The molecular formula is C28H36N8O3. The van der Waals surface area contributed by atoms with E-state index in [1.165, 1.54) is 0 Å². The third kappa shape index (κ3) is 5.65. The summed E-state index contributed by atoms with van der Waals surface area (Å²) in [4.78, 5) is 30.8. The number of hydrogen-bond donors (Lipinski definition) is 2. The van der Waals surface area contributed by atoms with Crippen LogP contribution in [0.4, 0.5) is 11.6 Å². The van der Waals surface area contributed by atoms with Crippen LogP contribution in [0.2, 0.25) is 0 Å². The molecule has 0 amide bonds. The van der Waals surface area contributed by atoms with Gasteiger partial charge in [0.15, 0.2) is 5.78 Å². The maximum atomic E-state index is 13.5. The van der Waals surface area contributed by atoms with Crippen molar-refractivity contribution < 1.29 is 14.3 Å². The highest BCUT2D eigenvalue weighted by Gasteiger charge is 2.28. The number of fused-ring (bicyclic) bond motifs is 1. The molecule has 206 valence electrons. The molecule has 0 saturated carbocycles. The first-order chi connectivity index (χ1) is 18.9. The van der Waals surface area contributed by atoms with Gasteiger partial charge in [-0.05, 0) is 25.1 Å². The first-order valence-corrected chi connectivity index (χ1v) is 13.1. The molecule has 2 N–H and O–H groups in total. The number of piperazine rings is 1. The fourth-order valence-electron chi connectivity index (χ4n) is 5.16. The van der Waals surface area contributed by atoms with Crippen LogP contribution in [-0.2, 0) is 23.0 Å². The molecule has 1 atom stereocenters. The lowest BCUT2D eigenvalue weighted by atomic mass is 9.99. The SMILES string of the molecule is COC[C@@H](C(=O)Cc1cccc2c(-c3nc(Nc4cn(C)nc4OC)ncc3C)c[nH]c12)N1CCN(C)CC1. The summed E-state index contributed by atoms with van der Waals surface area (Å²) in [6, 6.07) is 5.82. The number of benzene rings is 1.